The number of hydrogen-bond donors (Lipinski definition) is 1. The first-order chi connectivity index (χ1) is 9.77. The zero-order valence-corrected chi connectivity index (χ0v) is 13.4. The predicted octanol–water partition coefficient (Wildman–Crippen LogP) is 2.53. The van der Waals surface area contributed by atoms with Crippen LogP contribution in [0.1, 0.15) is 38.2 Å². The van der Waals surface area contributed by atoms with Crippen molar-refractivity contribution in [2.75, 3.05) is 26.2 Å². The summed E-state index contributed by atoms with van der Waals surface area (Å²) < 4.78 is 0. The van der Waals surface area contributed by atoms with E-state index in [1.807, 2.05) is 0 Å². The van der Waals surface area contributed by atoms with Gasteiger partial charge in [0, 0.05) is 24.7 Å². The van der Waals surface area contributed by atoms with Gasteiger partial charge in [-0.1, -0.05) is 6.92 Å². The summed E-state index contributed by atoms with van der Waals surface area (Å²) in [6.07, 6.45) is 5.20. The van der Waals surface area contributed by atoms with E-state index in [-0.39, 0.29) is 5.54 Å². The van der Waals surface area contributed by atoms with E-state index in [2.05, 4.69) is 33.6 Å². The Morgan fingerprint density at radius 3 is 2.65 bits per heavy atom. The lowest BCUT2D eigenvalue weighted by molar-refractivity contribution is 0.0158. The lowest BCUT2D eigenvalue weighted by Crippen LogP contribution is -2.59. The van der Waals surface area contributed by atoms with Crippen LogP contribution in [0.5, 0.6) is 0 Å². The first-order valence-electron chi connectivity index (χ1n) is 7.97. The molecular weight excluding hydrogens is 266 g/mol. The molecule has 2 aliphatic rings. The Balaban J connectivity index is 1.74. The fourth-order valence-electron chi connectivity index (χ4n) is 3.54. The van der Waals surface area contributed by atoms with Gasteiger partial charge in [-0.05, 0) is 67.7 Å². The van der Waals surface area contributed by atoms with Crippen molar-refractivity contribution in [1.29, 1.82) is 0 Å². The van der Waals surface area contributed by atoms with Crippen molar-refractivity contribution in [2.45, 2.75) is 50.7 Å². The number of thiophene rings is 1. The summed E-state index contributed by atoms with van der Waals surface area (Å²) in [5.41, 5.74) is 7.97. The van der Waals surface area contributed by atoms with E-state index >= 15 is 0 Å². The maximum atomic E-state index is 6.26. The minimum absolute atomic E-state index is 0.245. The van der Waals surface area contributed by atoms with Gasteiger partial charge in [0.15, 0.2) is 0 Å². The number of likely N-dealkylation sites (tertiary alicyclic amines) is 1. The van der Waals surface area contributed by atoms with Gasteiger partial charge in [-0.2, -0.15) is 11.3 Å². The largest absolute Gasteiger partial charge is 0.329 e. The highest BCUT2D eigenvalue weighted by Gasteiger charge is 2.44. The SMILES string of the molecule is CCN1CCC(CN)(N(Cc2ccsc2)C2CC2)CC1. The summed E-state index contributed by atoms with van der Waals surface area (Å²) in [4.78, 5) is 5.31. The average molecular weight is 293 g/mol. The third kappa shape index (κ3) is 2.93. The van der Waals surface area contributed by atoms with Crippen LogP contribution < -0.4 is 5.73 Å². The Hall–Kier alpha value is -0.420. The van der Waals surface area contributed by atoms with E-state index in [1.54, 1.807) is 11.3 Å². The van der Waals surface area contributed by atoms with E-state index < -0.39 is 0 Å². The summed E-state index contributed by atoms with van der Waals surface area (Å²) >= 11 is 1.80. The Morgan fingerprint density at radius 1 is 1.40 bits per heavy atom. The molecule has 3 rings (SSSR count). The van der Waals surface area contributed by atoms with E-state index in [0.717, 1.165) is 19.1 Å². The minimum Gasteiger partial charge on any atom is -0.329 e. The smallest absolute Gasteiger partial charge is 0.0362 e. The van der Waals surface area contributed by atoms with Gasteiger partial charge in [0.1, 0.15) is 0 Å². The average Bonchev–Trinajstić information content (AvgIpc) is 3.21. The molecule has 3 nitrogen and oxygen atoms in total. The number of hydrogen-bond acceptors (Lipinski definition) is 4. The fraction of sp³-hybridized carbons (Fsp3) is 0.750. The Labute approximate surface area is 126 Å². The first kappa shape index (κ1) is 14.5. The van der Waals surface area contributed by atoms with Crippen LogP contribution in [0, 0.1) is 0 Å². The molecule has 1 aromatic rings. The zero-order chi connectivity index (χ0) is 14.0. The van der Waals surface area contributed by atoms with Crippen LogP contribution in [0.15, 0.2) is 16.8 Å². The van der Waals surface area contributed by atoms with Gasteiger partial charge >= 0.3 is 0 Å². The van der Waals surface area contributed by atoms with Gasteiger partial charge < -0.3 is 10.6 Å². The quantitative estimate of drug-likeness (QED) is 0.875. The number of nitrogens with two attached hydrogens (primary N) is 1. The molecule has 0 radical (unpaired) electrons. The number of piperidine rings is 1. The van der Waals surface area contributed by atoms with Gasteiger partial charge in [0.25, 0.3) is 0 Å². The van der Waals surface area contributed by atoms with Crippen molar-refractivity contribution >= 4 is 11.3 Å². The van der Waals surface area contributed by atoms with E-state index in [1.165, 1.54) is 50.9 Å². The molecule has 1 aromatic heterocycles. The molecule has 1 aliphatic carbocycles. The van der Waals surface area contributed by atoms with Crippen LogP contribution in [0.4, 0.5) is 0 Å². The van der Waals surface area contributed by atoms with Crippen molar-refractivity contribution in [3.8, 4) is 0 Å². The molecule has 112 valence electrons. The highest BCUT2D eigenvalue weighted by molar-refractivity contribution is 7.07. The molecule has 1 saturated carbocycles. The first-order valence-corrected chi connectivity index (χ1v) is 8.92. The second kappa shape index (κ2) is 6.14. The number of rotatable bonds is 6. The van der Waals surface area contributed by atoms with Crippen molar-refractivity contribution < 1.29 is 0 Å². The Bertz CT molecular complexity index is 405. The minimum atomic E-state index is 0.245. The second-order valence-corrected chi connectivity index (χ2v) is 7.13. The van der Waals surface area contributed by atoms with Gasteiger partial charge in [-0.25, -0.2) is 0 Å². The molecule has 20 heavy (non-hydrogen) atoms. The maximum absolute atomic E-state index is 6.26. The predicted molar refractivity (Wildman–Crippen MR) is 86.0 cm³/mol. The molecule has 0 amide bonds. The van der Waals surface area contributed by atoms with E-state index in [9.17, 15) is 0 Å². The summed E-state index contributed by atoms with van der Waals surface area (Å²) in [6, 6.07) is 3.05. The summed E-state index contributed by atoms with van der Waals surface area (Å²) in [7, 11) is 0. The monoisotopic (exact) mass is 293 g/mol. The molecule has 0 spiro atoms. The highest BCUT2D eigenvalue weighted by Crippen LogP contribution is 2.39. The second-order valence-electron chi connectivity index (χ2n) is 6.35. The van der Waals surface area contributed by atoms with Gasteiger partial charge in [0.2, 0.25) is 0 Å². The molecule has 4 heteroatoms. The van der Waals surface area contributed by atoms with Crippen molar-refractivity contribution in [2.24, 2.45) is 5.73 Å². The number of nitrogens with zero attached hydrogens (tertiary/aromatic N) is 2. The highest BCUT2D eigenvalue weighted by atomic mass is 32.1. The molecule has 0 aromatic carbocycles. The summed E-state index contributed by atoms with van der Waals surface area (Å²) in [6.45, 7) is 7.76. The third-order valence-corrected chi connectivity index (χ3v) is 5.88. The van der Waals surface area contributed by atoms with Crippen molar-refractivity contribution in [1.82, 2.24) is 9.80 Å². The molecular formula is C16H27N3S. The van der Waals surface area contributed by atoms with Crippen molar-refractivity contribution in [3.05, 3.63) is 22.4 Å². The molecule has 2 fully saturated rings. The molecule has 2 N–H and O–H groups in total. The molecule has 0 atom stereocenters. The Kier molecular flexibility index (Phi) is 4.46. The van der Waals surface area contributed by atoms with Crippen LogP contribution >= 0.6 is 11.3 Å². The van der Waals surface area contributed by atoms with Crippen LogP contribution in [0.25, 0.3) is 0 Å². The van der Waals surface area contributed by atoms with E-state index in [0.29, 0.717) is 0 Å². The molecule has 2 heterocycles. The van der Waals surface area contributed by atoms with Crippen molar-refractivity contribution in [3.63, 3.8) is 0 Å². The van der Waals surface area contributed by atoms with E-state index in [4.69, 9.17) is 5.73 Å². The lowest BCUT2D eigenvalue weighted by Gasteiger charge is -2.48. The molecule has 0 bridgehead atoms. The zero-order valence-electron chi connectivity index (χ0n) is 12.6. The van der Waals surface area contributed by atoms with Gasteiger partial charge in [-0.3, -0.25) is 4.90 Å². The standard InChI is InChI=1S/C16H27N3S/c1-2-18-8-6-16(13-17,7-9-18)19(15-3-4-15)11-14-5-10-20-12-14/h5,10,12,15H,2-4,6-9,11,13,17H2,1H3. The molecule has 1 saturated heterocycles. The van der Waals surface area contributed by atoms with Crippen LogP contribution in [0.3, 0.4) is 0 Å². The summed E-state index contributed by atoms with van der Waals surface area (Å²) in [5, 5.41) is 4.48. The molecule has 1 aliphatic heterocycles. The topological polar surface area (TPSA) is 32.5 Å². The maximum Gasteiger partial charge on any atom is 0.0362 e. The third-order valence-electron chi connectivity index (χ3n) is 5.14. The summed E-state index contributed by atoms with van der Waals surface area (Å²) in [5.74, 6) is 0. The Morgan fingerprint density at radius 2 is 2.15 bits per heavy atom. The fourth-order valence-corrected chi connectivity index (χ4v) is 4.20. The lowest BCUT2D eigenvalue weighted by atomic mass is 9.85. The van der Waals surface area contributed by atoms with Gasteiger partial charge in [-0.15, -0.1) is 0 Å². The van der Waals surface area contributed by atoms with Crippen LogP contribution in [-0.4, -0.2) is 47.6 Å². The van der Waals surface area contributed by atoms with Crippen LogP contribution in [-0.2, 0) is 6.54 Å². The van der Waals surface area contributed by atoms with Gasteiger partial charge in [0.05, 0.1) is 0 Å². The normalized spacial score (nSPS) is 23.4. The molecule has 0 unspecified atom stereocenters. The van der Waals surface area contributed by atoms with Crippen LogP contribution in [0.2, 0.25) is 0 Å².